The number of ether oxygens (including phenoxy) is 1. The Bertz CT molecular complexity index is 1550. The van der Waals surface area contributed by atoms with E-state index in [1.807, 2.05) is 0 Å². The number of nitrogens with zero attached hydrogens (tertiary/aromatic N) is 2. The molecule has 1 aliphatic rings. The molecular weight excluding hydrogens is 575 g/mol. The molecule has 10 N–H and O–H groups in total. The SMILES string of the molecule is Nc1ccc(-c2cn([C@H]3C[C@H](O)[C@@H](COP(=O)(O)OP(=O)(O)OP(=O)(O)O)O3)c3nc(N)[nH]c(=O)c23)cc1. The van der Waals surface area contributed by atoms with E-state index >= 15 is 0 Å². The second-order valence-electron chi connectivity index (χ2n) is 8.04. The van der Waals surface area contributed by atoms with Crippen LogP contribution in [0.1, 0.15) is 12.6 Å². The van der Waals surface area contributed by atoms with Crippen molar-refractivity contribution >= 4 is 46.1 Å². The first-order valence-electron chi connectivity index (χ1n) is 10.4. The Balaban J connectivity index is 1.56. The van der Waals surface area contributed by atoms with Crippen molar-refractivity contribution in [1.82, 2.24) is 14.5 Å². The normalized spacial score (nSPS) is 23.3. The third-order valence-corrected chi connectivity index (χ3v) is 9.06. The van der Waals surface area contributed by atoms with Gasteiger partial charge in [0.2, 0.25) is 5.95 Å². The number of benzene rings is 1. The van der Waals surface area contributed by atoms with Crippen molar-refractivity contribution in [3.05, 3.63) is 40.8 Å². The van der Waals surface area contributed by atoms with Gasteiger partial charge in [0.1, 0.15) is 12.3 Å². The zero-order valence-electron chi connectivity index (χ0n) is 18.9. The van der Waals surface area contributed by atoms with Crippen LogP contribution >= 0.6 is 23.5 Å². The summed E-state index contributed by atoms with van der Waals surface area (Å²) in [6, 6.07) is 6.62. The van der Waals surface area contributed by atoms with Crippen molar-refractivity contribution in [1.29, 1.82) is 0 Å². The molecule has 21 heteroatoms. The molecule has 0 bridgehead atoms. The maximum atomic E-state index is 12.7. The fraction of sp³-hybridized carbons (Fsp3) is 0.294. The Morgan fingerprint density at radius 3 is 2.37 bits per heavy atom. The Kier molecular flexibility index (Phi) is 7.73. The van der Waals surface area contributed by atoms with Crippen molar-refractivity contribution in [3.8, 4) is 11.1 Å². The number of aliphatic hydroxyl groups is 1. The molecule has 2 aromatic heterocycles. The lowest BCUT2D eigenvalue weighted by Gasteiger charge is -2.19. The third kappa shape index (κ3) is 6.58. The second-order valence-corrected chi connectivity index (χ2v) is 12.5. The van der Waals surface area contributed by atoms with Crippen LogP contribution in [-0.2, 0) is 31.6 Å². The first kappa shape index (κ1) is 28.6. The molecule has 0 saturated carbocycles. The van der Waals surface area contributed by atoms with Crippen molar-refractivity contribution in [2.24, 2.45) is 0 Å². The van der Waals surface area contributed by atoms with Crippen LogP contribution in [0.25, 0.3) is 22.2 Å². The molecule has 0 spiro atoms. The summed E-state index contributed by atoms with van der Waals surface area (Å²) in [6.45, 7) is -0.860. The van der Waals surface area contributed by atoms with Gasteiger partial charge in [-0.2, -0.15) is 13.6 Å². The Labute approximate surface area is 212 Å². The molecule has 1 aliphatic heterocycles. The number of aliphatic hydroxyl groups excluding tert-OH is 1. The molecule has 208 valence electrons. The number of hydrogen-bond donors (Lipinski definition) is 8. The monoisotopic (exact) mass is 597 g/mol. The second kappa shape index (κ2) is 10.3. The number of rotatable bonds is 9. The summed E-state index contributed by atoms with van der Waals surface area (Å²) in [5.74, 6) is -0.187. The van der Waals surface area contributed by atoms with E-state index in [4.69, 9.17) is 26.0 Å². The van der Waals surface area contributed by atoms with Crippen molar-refractivity contribution in [3.63, 3.8) is 0 Å². The number of nitrogens with two attached hydrogens (primary N) is 2. The van der Waals surface area contributed by atoms with E-state index < -0.39 is 54.1 Å². The summed E-state index contributed by atoms with van der Waals surface area (Å²) in [6.07, 6.45) is -2.13. The van der Waals surface area contributed by atoms with Crippen molar-refractivity contribution in [2.75, 3.05) is 18.1 Å². The minimum absolute atomic E-state index is 0.107. The lowest BCUT2D eigenvalue weighted by molar-refractivity contribution is -0.0421. The van der Waals surface area contributed by atoms with Gasteiger partial charge < -0.3 is 45.5 Å². The van der Waals surface area contributed by atoms with Crippen LogP contribution < -0.4 is 17.0 Å². The summed E-state index contributed by atoms with van der Waals surface area (Å²) < 4.78 is 53.2. The molecule has 0 aliphatic carbocycles. The number of fused-ring (bicyclic) bond motifs is 1. The van der Waals surface area contributed by atoms with Crippen LogP contribution in [0, 0.1) is 0 Å². The summed E-state index contributed by atoms with van der Waals surface area (Å²) in [5.41, 5.74) is 12.6. The molecule has 1 saturated heterocycles. The Hall–Kier alpha value is -2.43. The molecule has 3 heterocycles. The minimum Gasteiger partial charge on any atom is -0.399 e. The highest BCUT2D eigenvalue weighted by atomic mass is 31.3. The number of aromatic amines is 1. The van der Waals surface area contributed by atoms with E-state index in [1.54, 1.807) is 30.5 Å². The number of nitrogens with one attached hydrogen (secondary N) is 1. The number of nitrogen functional groups attached to an aromatic ring is 2. The molecule has 0 amide bonds. The smallest absolute Gasteiger partial charge is 0.399 e. The van der Waals surface area contributed by atoms with Gasteiger partial charge in [-0.05, 0) is 17.7 Å². The summed E-state index contributed by atoms with van der Waals surface area (Å²) >= 11 is 0. The van der Waals surface area contributed by atoms with E-state index in [0.717, 1.165) is 0 Å². The van der Waals surface area contributed by atoms with Crippen LogP contribution in [0.5, 0.6) is 0 Å². The van der Waals surface area contributed by atoms with Crippen LogP contribution in [0.2, 0.25) is 0 Å². The molecule has 4 rings (SSSR count). The van der Waals surface area contributed by atoms with Gasteiger partial charge in [0, 0.05) is 23.9 Å². The molecule has 3 aromatic rings. The third-order valence-electron chi connectivity index (χ3n) is 5.25. The average Bonchev–Trinajstić information content (AvgIpc) is 3.31. The summed E-state index contributed by atoms with van der Waals surface area (Å²) in [5, 5.41) is 10.6. The predicted octanol–water partition coefficient (Wildman–Crippen LogP) is 0.548. The van der Waals surface area contributed by atoms with E-state index in [-0.39, 0.29) is 23.4 Å². The molecular formula is C17H22N5O13P3. The molecule has 38 heavy (non-hydrogen) atoms. The maximum absolute atomic E-state index is 12.7. The molecule has 5 atom stereocenters. The highest BCUT2D eigenvalue weighted by Gasteiger charge is 2.43. The lowest BCUT2D eigenvalue weighted by Crippen LogP contribution is -2.26. The van der Waals surface area contributed by atoms with E-state index in [9.17, 15) is 33.4 Å². The van der Waals surface area contributed by atoms with Crippen LogP contribution in [0.4, 0.5) is 11.6 Å². The van der Waals surface area contributed by atoms with Crippen molar-refractivity contribution < 1.29 is 56.3 Å². The van der Waals surface area contributed by atoms with Gasteiger partial charge in [-0.1, -0.05) is 12.1 Å². The lowest BCUT2D eigenvalue weighted by atomic mass is 10.1. The number of phosphoric acid groups is 3. The van der Waals surface area contributed by atoms with Gasteiger partial charge >= 0.3 is 23.5 Å². The zero-order valence-corrected chi connectivity index (χ0v) is 21.6. The zero-order chi connectivity index (χ0) is 28.0. The standard InChI is InChI=1S/C17H22N5O13P3/c18-9-3-1-8(2-4-9)10-6-22(15-14(10)16(24)21-17(19)20-15)13-5-11(23)12(33-13)7-32-37(28,29)35-38(30,31)34-36(25,26)27/h1-4,6,11-13,23H,5,7,18H2,(H,28,29)(H,30,31)(H2,25,26,27)(H3,19,20,21,24)/t11-,12+,13+/m0/s1. The summed E-state index contributed by atoms with van der Waals surface area (Å²) in [4.78, 5) is 55.4. The fourth-order valence-corrected chi connectivity index (χ4v) is 6.81. The van der Waals surface area contributed by atoms with Crippen LogP contribution in [-0.4, -0.2) is 58.0 Å². The van der Waals surface area contributed by atoms with Gasteiger partial charge in [0.25, 0.3) is 5.56 Å². The first-order valence-corrected chi connectivity index (χ1v) is 14.9. The highest BCUT2D eigenvalue weighted by Crippen LogP contribution is 2.66. The molecule has 2 unspecified atom stereocenters. The van der Waals surface area contributed by atoms with Gasteiger partial charge in [0.15, 0.2) is 5.65 Å². The maximum Gasteiger partial charge on any atom is 0.490 e. The van der Waals surface area contributed by atoms with Crippen LogP contribution in [0.3, 0.4) is 0 Å². The van der Waals surface area contributed by atoms with Crippen LogP contribution in [0.15, 0.2) is 35.3 Å². The van der Waals surface area contributed by atoms with Gasteiger partial charge in [-0.15, -0.1) is 0 Å². The molecule has 0 radical (unpaired) electrons. The van der Waals surface area contributed by atoms with Crippen molar-refractivity contribution in [2.45, 2.75) is 24.9 Å². The van der Waals surface area contributed by atoms with E-state index in [0.29, 0.717) is 16.8 Å². The Morgan fingerprint density at radius 1 is 1.08 bits per heavy atom. The predicted molar refractivity (Wildman–Crippen MR) is 129 cm³/mol. The Morgan fingerprint density at radius 2 is 1.74 bits per heavy atom. The van der Waals surface area contributed by atoms with E-state index in [2.05, 4.69) is 23.1 Å². The minimum atomic E-state index is -5.71. The number of hydrogen-bond acceptors (Lipinski definition) is 12. The number of H-pyrrole nitrogens is 1. The quantitative estimate of drug-likeness (QED) is 0.123. The number of aromatic nitrogens is 3. The first-order chi connectivity index (χ1) is 17.5. The fourth-order valence-electron chi connectivity index (χ4n) is 3.78. The molecule has 18 nitrogen and oxygen atoms in total. The summed E-state index contributed by atoms with van der Waals surface area (Å²) in [7, 11) is -16.7. The van der Waals surface area contributed by atoms with E-state index in [1.165, 1.54) is 4.57 Å². The van der Waals surface area contributed by atoms with Gasteiger partial charge in [0.05, 0.1) is 18.1 Å². The number of phosphoric ester groups is 1. The number of anilines is 2. The average molecular weight is 597 g/mol. The van der Waals surface area contributed by atoms with Gasteiger partial charge in [-0.3, -0.25) is 14.3 Å². The largest absolute Gasteiger partial charge is 0.490 e. The molecule has 1 fully saturated rings. The van der Waals surface area contributed by atoms with Gasteiger partial charge in [-0.25, -0.2) is 13.7 Å². The molecule has 1 aromatic carbocycles. The highest BCUT2D eigenvalue weighted by molar-refractivity contribution is 7.66. The topological polar surface area (TPSA) is 292 Å².